The first kappa shape index (κ1) is 35.8. The zero-order valence-corrected chi connectivity index (χ0v) is 29.6. The molecule has 0 saturated heterocycles. The van der Waals surface area contributed by atoms with E-state index < -0.39 is 17.3 Å². The minimum Gasteiger partial charge on any atom is -1.00 e. The molecule has 1 N–H and O–H groups in total. The van der Waals surface area contributed by atoms with Crippen molar-refractivity contribution in [1.29, 1.82) is 0 Å². The van der Waals surface area contributed by atoms with Crippen LogP contribution in [0.25, 0.3) is 16.7 Å². The monoisotopic (exact) mass is 785 g/mol. The van der Waals surface area contributed by atoms with Crippen LogP contribution in [0.4, 0.5) is 0 Å². The minimum atomic E-state index is -1.07. The average molecular weight is 786 g/mol. The van der Waals surface area contributed by atoms with Crippen LogP contribution in [0, 0.1) is 5.92 Å². The number of carbonyl (C=O) groups excluding carboxylic acids is 1. The summed E-state index contributed by atoms with van der Waals surface area (Å²) in [6.45, 7) is 6.86. The van der Waals surface area contributed by atoms with Gasteiger partial charge in [-0.2, -0.15) is 0 Å². The molecule has 218 valence electrons. The number of phenols is 1. The van der Waals surface area contributed by atoms with Crippen molar-refractivity contribution < 1.29 is 48.0 Å². The summed E-state index contributed by atoms with van der Waals surface area (Å²) in [6, 6.07) is 8.77. The van der Waals surface area contributed by atoms with Crippen LogP contribution in [0.2, 0.25) is 5.02 Å². The fraction of sp³-hybridized carbons (Fsp3) is 0.536. The first-order valence-corrected chi connectivity index (χ1v) is 13.0. The second-order valence-corrected chi connectivity index (χ2v) is 13.4. The SMILES string of the molecule is CC(C)(C)c1cc(CC(C(=O)[O-])C(CC[N+](C)(C)C)[N+](C)(C)C)cc(-n2nc3ccc(Cl)cc3n2)c1O.I.[I-]. The van der Waals surface area contributed by atoms with Crippen LogP contribution < -0.4 is 29.1 Å². The Hall–Kier alpha value is -1.22. The molecule has 1 aromatic heterocycles. The third-order valence-electron chi connectivity index (χ3n) is 6.83. The number of fused-ring (bicyclic) bond motifs is 1. The van der Waals surface area contributed by atoms with Crippen molar-refractivity contribution in [3.05, 3.63) is 46.5 Å². The van der Waals surface area contributed by atoms with Crippen molar-refractivity contribution >= 4 is 52.6 Å². The molecule has 0 aliphatic heterocycles. The molecule has 3 rings (SSSR count). The maximum absolute atomic E-state index is 12.6. The number of nitrogens with zero attached hydrogens (tertiary/aromatic N) is 5. The predicted molar refractivity (Wildman–Crippen MR) is 161 cm³/mol. The fourth-order valence-corrected chi connectivity index (χ4v) is 4.96. The van der Waals surface area contributed by atoms with Crippen molar-refractivity contribution in [2.24, 2.45) is 5.92 Å². The lowest BCUT2D eigenvalue weighted by Crippen LogP contribution is -3.00. The van der Waals surface area contributed by atoms with Gasteiger partial charge < -0.3 is 48.0 Å². The van der Waals surface area contributed by atoms with E-state index in [4.69, 9.17) is 11.6 Å². The number of aromatic nitrogens is 3. The van der Waals surface area contributed by atoms with Gasteiger partial charge in [0.1, 0.15) is 28.5 Å². The topological polar surface area (TPSA) is 91.1 Å². The van der Waals surface area contributed by atoms with Gasteiger partial charge in [-0.05, 0) is 41.7 Å². The van der Waals surface area contributed by atoms with Gasteiger partial charge in [-0.25, -0.2) is 0 Å². The molecule has 0 aliphatic carbocycles. The number of hydrogen-bond acceptors (Lipinski definition) is 5. The third-order valence-corrected chi connectivity index (χ3v) is 7.06. The zero-order valence-electron chi connectivity index (χ0n) is 24.3. The Morgan fingerprint density at radius 1 is 1.05 bits per heavy atom. The molecule has 0 spiro atoms. The van der Waals surface area contributed by atoms with Crippen LogP contribution in [0.1, 0.15) is 38.3 Å². The number of phenolic OH excluding ortho intramolecular Hbond substituents is 1. The van der Waals surface area contributed by atoms with Gasteiger partial charge in [-0.3, -0.25) is 0 Å². The zero-order chi connectivity index (χ0) is 27.9. The molecular formula is C28H42ClI2N5O3. The smallest absolute Gasteiger partial charge is 0.146 e. The molecule has 1 heterocycles. The molecule has 0 bridgehead atoms. The fourth-order valence-electron chi connectivity index (χ4n) is 4.79. The van der Waals surface area contributed by atoms with Crippen molar-refractivity contribution in [2.75, 3.05) is 48.8 Å². The van der Waals surface area contributed by atoms with Gasteiger partial charge in [0.25, 0.3) is 0 Å². The highest BCUT2D eigenvalue weighted by Crippen LogP contribution is 2.37. The molecule has 0 radical (unpaired) electrons. The standard InChI is InChI=1S/C28H40ClN5O3.2HI/c1-28(2,3)21-15-18(14-20(27(36)37)25(34(7,8)9)12-13-33(4,5)6)16-24(26(21)35)32-30-22-11-10-19(29)17-23(22)31-32;;/h10-11,15-17,20,25H,12-14H2,1-9H3;2*1H. The highest BCUT2D eigenvalue weighted by atomic mass is 127. The Bertz CT molecular complexity index is 1290. The van der Waals surface area contributed by atoms with E-state index in [0.717, 1.165) is 23.0 Å². The lowest BCUT2D eigenvalue weighted by molar-refractivity contribution is -0.911. The lowest BCUT2D eigenvalue weighted by atomic mass is 9.82. The first-order chi connectivity index (χ1) is 16.9. The summed E-state index contributed by atoms with van der Waals surface area (Å²) in [5.41, 5.74) is 2.74. The molecule has 0 fully saturated rings. The van der Waals surface area contributed by atoms with Gasteiger partial charge in [0.2, 0.25) is 0 Å². The number of carboxylic acid groups (broad SMARTS) is 1. The van der Waals surface area contributed by atoms with Gasteiger partial charge in [-0.15, -0.1) is 39.0 Å². The lowest BCUT2D eigenvalue weighted by Gasteiger charge is -2.41. The second-order valence-electron chi connectivity index (χ2n) is 13.0. The van der Waals surface area contributed by atoms with Crippen molar-refractivity contribution in [3.8, 4) is 11.4 Å². The maximum Gasteiger partial charge on any atom is 0.146 e. The summed E-state index contributed by atoms with van der Waals surface area (Å²) in [4.78, 5) is 14.0. The molecule has 2 unspecified atom stereocenters. The van der Waals surface area contributed by atoms with Crippen LogP contribution in [0.3, 0.4) is 0 Å². The van der Waals surface area contributed by atoms with Gasteiger partial charge >= 0.3 is 0 Å². The normalized spacial score (nSPS) is 13.9. The molecule has 2 aromatic carbocycles. The van der Waals surface area contributed by atoms with Crippen LogP contribution >= 0.6 is 35.6 Å². The van der Waals surface area contributed by atoms with Crippen LogP contribution in [-0.4, -0.2) is 89.9 Å². The quantitative estimate of drug-likeness (QED) is 0.256. The molecule has 0 amide bonds. The van der Waals surface area contributed by atoms with Crippen LogP contribution in [0.5, 0.6) is 5.75 Å². The number of aliphatic carboxylic acids is 1. The van der Waals surface area contributed by atoms with E-state index in [0.29, 0.717) is 31.8 Å². The number of benzene rings is 2. The molecule has 11 heteroatoms. The highest BCUT2D eigenvalue weighted by Gasteiger charge is 2.36. The predicted octanol–water partition coefficient (Wildman–Crippen LogP) is 0.779. The second kappa shape index (κ2) is 13.2. The molecule has 3 aromatic rings. The van der Waals surface area contributed by atoms with Gasteiger partial charge in [0.05, 0.1) is 60.7 Å². The molecule has 8 nitrogen and oxygen atoms in total. The maximum atomic E-state index is 12.6. The third kappa shape index (κ3) is 9.14. The Morgan fingerprint density at radius 2 is 1.64 bits per heavy atom. The molecule has 0 saturated carbocycles. The summed E-state index contributed by atoms with van der Waals surface area (Å²) in [5.74, 6) is -1.72. The molecule has 2 atom stereocenters. The van der Waals surface area contributed by atoms with E-state index in [1.807, 2.05) is 48.0 Å². The Balaban J connectivity index is 0.00000380. The summed E-state index contributed by atoms with van der Waals surface area (Å²) in [7, 11) is 12.4. The number of halogens is 3. The van der Waals surface area contributed by atoms with Crippen LogP contribution in [-0.2, 0) is 16.6 Å². The number of rotatable bonds is 9. The van der Waals surface area contributed by atoms with E-state index in [2.05, 4.69) is 31.3 Å². The number of hydrogen-bond donors (Lipinski definition) is 1. The highest BCUT2D eigenvalue weighted by molar-refractivity contribution is 14.0. The van der Waals surface area contributed by atoms with E-state index in [-0.39, 0.29) is 66.2 Å². The van der Waals surface area contributed by atoms with E-state index in [1.54, 1.807) is 24.3 Å². The van der Waals surface area contributed by atoms with Gasteiger partial charge in [-0.1, -0.05) is 38.4 Å². The number of carboxylic acids is 1. The first-order valence-electron chi connectivity index (χ1n) is 12.6. The van der Waals surface area contributed by atoms with Gasteiger partial charge in [0.15, 0.2) is 0 Å². The van der Waals surface area contributed by atoms with Gasteiger partial charge in [0, 0.05) is 17.0 Å². The molecule has 0 aliphatic rings. The Labute approximate surface area is 271 Å². The van der Waals surface area contributed by atoms with E-state index in [9.17, 15) is 15.0 Å². The Morgan fingerprint density at radius 3 is 2.15 bits per heavy atom. The summed E-state index contributed by atoms with van der Waals surface area (Å²) in [6.07, 6.45) is 0.998. The van der Waals surface area contributed by atoms with E-state index in [1.165, 1.54) is 4.80 Å². The van der Waals surface area contributed by atoms with Crippen molar-refractivity contribution in [2.45, 2.75) is 45.1 Å². The number of aromatic hydroxyl groups is 1. The van der Waals surface area contributed by atoms with E-state index >= 15 is 0 Å². The largest absolute Gasteiger partial charge is 1.00 e. The summed E-state index contributed by atoms with van der Waals surface area (Å²) < 4.78 is 1.25. The molecule has 39 heavy (non-hydrogen) atoms. The van der Waals surface area contributed by atoms with Crippen molar-refractivity contribution in [3.63, 3.8) is 0 Å². The summed E-state index contributed by atoms with van der Waals surface area (Å²) in [5, 5.41) is 33.5. The number of quaternary nitrogens is 2. The minimum absolute atomic E-state index is 0. The molecular weight excluding hydrogens is 744 g/mol. The van der Waals surface area contributed by atoms with Crippen molar-refractivity contribution in [1.82, 2.24) is 15.0 Å². The summed E-state index contributed by atoms with van der Waals surface area (Å²) >= 11 is 6.13. The number of carbonyl (C=O) groups is 1. The van der Waals surface area contributed by atoms with Crippen LogP contribution in [0.15, 0.2) is 30.3 Å². The Kier molecular flexibility index (Phi) is 12.1. The average Bonchev–Trinajstić information content (AvgIpc) is 3.14.